The largest absolute Gasteiger partial charge is 0.336 e. The van der Waals surface area contributed by atoms with Crippen molar-refractivity contribution in [3.63, 3.8) is 0 Å². The molecule has 0 spiro atoms. The van der Waals surface area contributed by atoms with Crippen molar-refractivity contribution in [2.75, 3.05) is 39.8 Å². The third-order valence-electron chi connectivity index (χ3n) is 2.49. The highest BCUT2D eigenvalue weighted by molar-refractivity contribution is 6.34. The van der Waals surface area contributed by atoms with Gasteiger partial charge in [-0.25, -0.2) is 0 Å². The lowest BCUT2D eigenvalue weighted by Crippen LogP contribution is -2.51. The Morgan fingerprint density at radius 2 is 2.06 bits per heavy atom. The predicted molar refractivity (Wildman–Crippen MR) is 57.3 cm³/mol. The summed E-state index contributed by atoms with van der Waals surface area (Å²) in [6, 6.07) is 1.94. The topological polar surface area (TPSA) is 76.4 Å². The van der Waals surface area contributed by atoms with Gasteiger partial charge in [0.15, 0.2) is 0 Å². The molecule has 1 fully saturated rings. The van der Waals surface area contributed by atoms with E-state index in [9.17, 15) is 9.59 Å². The van der Waals surface area contributed by atoms with E-state index in [2.05, 4.69) is 5.32 Å². The summed E-state index contributed by atoms with van der Waals surface area (Å²) in [5.74, 6) is -1.00. The minimum atomic E-state index is -0.530. The number of nitrogens with one attached hydrogen (secondary N) is 1. The second-order valence-corrected chi connectivity index (χ2v) is 3.68. The summed E-state index contributed by atoms with van der Waals surface area (Å²) >= 11 is 0. The molecule has 0 aliphatic carbocycles. The third-order valence-corrected chi connectivity index (χ3v) is 2.49. The normalized spacial score (nSPS) is 15.4. The molecule has 0 bridgehead atoms. The summed E-state index contributed by atoms with van der Waals surface area (Å²) in [4.78, 5) is 26.2. The van der Waals surface area contributed by atoms with E-state index in [0.29, 0.717) is 19.6 Å². The van der Waals surface area contributed by atoms with Crippen molar-refractivity contribution >= 4 is 11.8 Å². The zero-order valence-electron chi connectivity index (χ0n) is 9.40. The van der Waals surface area contributed by atoms with Gasteiger partial charge < -0.3 is 15.1 Å². The average molecular weight is 224 g/mol. The molecule has 0 atom stereocenters. The fourth-order valence-corrected chi connectivity index (χ4v) is 1.49. The van der Waals surface area contributed by atoms with Gasteiger partial charge in [0.2, 0.25) is 0 Å². The summed E-state index contributed by atoms with van der Waals surface area (Å²) in [5.41, 5.74) is 0. The lowest BCUT2D eigenvalue weighted by molar-refractivity contribution is -0.151. The summed E-state index contributed by atoms with van der Waals surface area (Å²) in [5, 5.41) is 11.5. The maximum absolute atomic E-state index is 11.7. The van der Waals surface area contributed by atoms with E-state index in [1.807, 2.05) is 6.07 Å². The van der Waals surface area contributed by atoms with Crippen LogP contribution in [0, 0.1) is 11.3 Å². The number of carbonyl (C=O) groups is 2. The number of nitriles is 1. The molecule has 0 unspecified atom stereocenters. The maximum atomic E-state index is 11.7. The van der Waals surface area contributed by atoms with Crippen molar-refractivity contribution in [3.05, 3.63) is 0 Å². The number of hydrogen-bond acceptors (Lipinski definition) is 4. The number of amides is 2. The van der Waals surface area contributed by atoms with Crippen LogP contribution in [-0.4, -0.2) is 61.4 Å². The first-order valence-corrected chi connectivity index (χ1v) is 5.29. The van der Waals surface area contributed by atoms with Crippen molar-refractivity contribution in [1.29, 1.82) is 5.26 Å². The Hall–Kier alpha value is -1.61. The van der Waals surface area contributed by atoms with Crippen LogP contribution in [0.15, 0.2) is 0 Å². The van der Waals surface area contributed by atoms with E-state index in [0.717, 1.165) is 13.1 Å². The highest BCUT2D eigenvalue weighted by Gasteiger charge is 2.25. The van der Waals surface area contributed by atoms with Gasteiger partial charge in [0.1, 0.15) is 0 Å². The standard InChI is InChI=1S/C10H16N4O2/c1-13(6-2-3-11)9(15)10(16)14-7-4-12-5-8-14/h12H,2,4-8H2,1H3. The highest BCUT2D eigenvalue weighted by Crippen LogP contribution is 1.97. The van der Waals surface area contributed by atoms with Gasteiger partial charge >= 0.3 is 11.8 Å². The number of hydrogen-bond donors (Lipinski definition) is 1. The fraction of sp³-hybridized carbons (Fsp3) is 0.700. The minimum Gasteiger partial charge on any atom is -0.336 e. The Bertz CT molecular complexity index is 304. The second kappa shape index (κ2) is 6.08. The molecular weight excluding hydrogens is 208 g/mol. The van der Waals surface area contributed by atoms with Gasteiger partial charge in [-0.15, -0.1) is 0 Å². The molecule has 88 valence electrons. The lowest BCUT2D eigenvalue weighted by atomic mass is 10.3. The van der Waals surface area contributed by atoms with Crippen LogP contribution in [0.5, 0.6) is 0 Å². The van der Waals surface area contributed by atoms with Gasteiger partial charge in [-0.3, -0.25) is 9.59 Å². The smallest absolute Gasteiger partial charge is 0.312 e. The first-order valence-electron chi connectivity index (χ1n) is 5.29. The molecule has 0 saturated carbocycles. The van der Waals surface area contributed by atoms with Crippen molar-refractivity contribution < 1.29 is 9.59 Å². The summed E-state index contributed by atoms with van der Waals surface area (Å²) in [6.45, 7) is 2.88. The molecule has 1 aliphatic heterocycles. The second-order valence-electron chi connectivity index (χ2n) is 3.68. The molecule has 0 aromatic carbocycles. The Morgan fingerprint density at radius 3 is 2.62 bits per heavy atom. The third kappa shape index (κ3) is 3.21. The molecule has 1 heterocycles. The van der Waals surface area contributed by atoms with Crippen LogP contribution < -0.4 is 5.32 Å². The molecule has 0 radical (unpaired) electrons. The number of carbonyl (C=O) groups excluding carboxylic acids is 2. The van der Waals surface area contributed by atoms with Gasteiger partial charge in [0.25, 0.3) is 0 Å². The zero-order valence-corrected chi connectivity index (χ0v) is 9.40. The van der Waals surface area contributed by atoms with E-state index in [4.69, 9.17) is 5.26 Å². The Labute approximate surface area is 94.8 Å². The molecule has 2 amide bonds. The zero-order chi connectivity index (χ0) is 12.0. The predicted octanol–water partition coefficient (Wildman–Crippen LogP) is -1.21. The molecule has 0 aromatic rings. The van der Waals surface area contributed by atoms with Crippen LogP contribution in [0.3, 0.4) is 0 Å². The molecule has 1 aliphatic rings. The molecular formula is C10H16N4O2. The van der Waals surface area contributed by atoms with Crippen molar-refractivity contribution in [3.8, 4) is 6.07 Å². The van der Waals surface area contributed by atoms with E-state index >= 15 is 0 Å². The highest BCUT2D eigenvalue weighted by atomic mass is 16.2. The Kier molecular flexibility index (Phi) is 4.73. The van der Waals surface area contributed by atoms with Crippen LogP contribution in [0.1, 0.15) is 6.42 Å². The Balaban J connectivity index is 2.46. The van der Waals surface area contributed by atoms with Gasteiger partial charge in [0, 0.05) is 39.8 Å². The lowest BCUT2D eigenvalue weighted by Gasteiger charge is -2.28. The van der Waals surface area contributed by atoms with Gasteiger partial charge in [-0.05, 0) is 0 Å². The van der Waals surface area contributed by atoms with Crippen molar-refractivity contribution in [2.24, 2.45) is 0 Å². The number of piperazine rings is 1. The van der Waals surface area contributed by atoms with Crippen LogP contribution in [0.25, 0.3) is 0 Å². The van der Waals surface area contributed by atoms with Gasteiger partial charge in [-0.2, -0.15) is 5.26 Å². The summed E-state index contributed by atoms with van der Waals surface area (Å²) in [7, 11) is 1.54. The van der Waals surface area contributed by atoms with Crippen LogP contribution in [0.4, 0.5) is 0 Å². The molecule has 1 saturated heterocycles. The maximum Gasteiger partial charge on any atom is 0.312 e. The van der Waals surface area contributed by atoms with Gasteiger partial charge in [-0.1, -0.05) is 0 Å². The number of nitrogens with zero attached hydrogens (tertiary/aromatic N) is 3. The first kappa shape index (κ1) is 12.5. The van der Waals surface area contributed by atoms with E-state index < -0.39 is 11.8 Å². The summed E-state index contributed by atoms with van der Waals surface area (Å²) in [6.07, 6.45) is 0.247. The SMILES string of the molecule is CN(CCC#N)C(=O)C(=O)N1CCNCC1. The number of rotatable bonds is 2. The quantitative estimate of drug-likeness (QED) is 0.597. The van der Waals surface area contributed by atoms with E-state index in [-0.39, 0.29) is 6.42 Å². The van der Waals surface area contributed by atoms with E-state index in [1.165, 1.54) is 4.90 Å². The fourth-order valence-electron chi connectivity index (χ4n) is 1.49. The van der Waals surface area contributed by atoms with Crippen LogP contribution in [0.2, 0.25) is 0 Å². The van der Waals surface area contributed by atoms with Gasteiger partial charge in [0.05, 0.1) is 12.5 Å². The number of likely N-dealkylation sites (N-methyl/N-ethyl adjacent to an activating group) is 1. The molecule has 1 N–H and O–H groups in total. The van der Waals surface area contributed by atoms with Crippen molar-refractivity contribution in [2.45, 2.75) is 6.42 Å². The van der Waals surface area contributed by atoms with Crippen LogP contribution in [-0.2, 0) is 9.59 Å². The first-order chi connectivity index (χ1) is 7.66. The molecule has 16 heavy (non-hydrogen) atoms. The minimum absolute atomic E-state index is 0.247. The van der Waals surface area contributed by atoms with E-state index in [1.54, 1.807) is 11.9 Å². The molecule has 6 heteroatoms. The average Bonchev–Trinajstić information content (AvgIpc) is 2.35. The summed E-state index contributed by atoms with van der Waals surface area (Å²) < 4.78 is 0. The molecule has 1 rings (SSSR count). The molecule has 0 aromatic heterocycles. The molecule has 6 nitrogen and oxygen atoms in total. The monoisotopic (exact) mass is 224 g/mol. The Morgan fingerprint density at radius 1 is 1.44 bits per heavy atom. The van der Waals surface area contributed by atoms with Crippen molar-refractivity contribution in [1.82, 2.24) is 15.1 Å². The van der Waals surface area contributed by atoms with Crippen LogP contribution >= 0.6 is 0 Å².